The predicted molar refractivity (Wildman–Crippen MR) is 71.2 cm³/mol. The van der Waals surface area contributed by atoms with Crippen molar-refractivity contribution in [2.24, 2.45) is 5.92 Å². The minimum Gasteiger partial charge on any atom is -0.396 e. The lowest BCUT2D eigenvalue weighted by Crippen LogP contribution is -2.42. The number of amides is 1. The predicted octanol–water partition coefficient (Wildman–Crippen LogP) is 2.16. The largest absolute Gasteiger partial charge is 0.396 e. The molecule has 0 saturated carbocycles. The third-order valence-corrected chi connectivity index (χ3v) is 3.83. The third kappa shape index (κ3) is 3.13. The topological polar surface area (TPSA) is 40.5 Å². The molecule has 0 aromatic heterocycles. The number of aliphatic hydroxyl groups is 1. The Balaban J connectivity index is 2.09. The van der Waals surface area contributed by atoms with E-state index in [9.17, 15) is 14.3 Å². The van der Waals surface area contributed by atoms with Crippen molar-refractivity contribution >= 4 is 5.91 Å². The summed E-state index contributed by atoms with van der Waals surface area (Å²) in [5.41, 5.74) is 0.443. The Morgan fingerprint density at radius 1 is 1.53 bits per heavy atom. The molecule has 1 saturated heterocycles. The third-order valence-electron chi connectivity index (χ3n) is 3.83. The molecule has 0 spiro atoms. The van der Waals surface area contributed by atoms with Crippen molar-refractivity contribution in [3.63, 3.8) is 0 Å². The average Bonchev–Trinajstić information content (AvgIpc) is 2.46. The molecule has 1 heterocycles. The molecule has 1 aliphatic rings. The molecule has 1 amide bonds. The molecule has 2 atom stereocenters. The van der Waals surface area contributed by atoms with Gasteiger partial charge in [-0.15, -0.1) is 0 Å². The standard InChI is InChI=1S/C15H20FNO2/c1-11(13-6-2-3-7-14(13)16)15(19)17-8-4-5-12(9-17)10-18/h2-3,6-7,11-12,18H,4-5,8-10H2,1H3. The van der Waals surface area contributed by atoms with Gasteiger partial charge >= 0.3 is 0 Å². The normalized spacial score (nSPS) is 21.2. The van der Waals surface area contributed by atoms with Crippen LogP contribution in [0.25, 0.3) is 0 Å². The van der Waals surface area contributed by atoms with Crippen LogP contribution >= 0.6 is 0 Å². The van der Waals surface area contributed by atoms with Crippen molar-refractivity contribution in [3.8, 4) is 0 Å². The molecule has 1 aromatic rings. The summed E-state index contributed by atoms with van der Waals surface area (Å²) in [5.74, 6) is -0.702. The Morgan fingerprint density at radius 2 is 2.26 bits per heavy atom. The molecule has 0 aliphatic carbocycles. The molecule has 2 unspecified atom stereocenters. The van der Waals surface area contributed by atoms with Gasteiger partial charge in [0.2, 0.25) is 5.91 Å². The van der Waals surface area contributed by atoms with E-state index in [0.29, 0.717) is 18.7 Å². The van der Waals surface area contributed by atoms with Crippen molar-refractivity contribution in [2.45, 2.75) is 25.7 Å². The molecule has 1 N–H and O–H groups in total. The second-order valence-electron chi connectivity index (χ2n) is 5.22. The lowest BCUT2D eigenvalue weighted by atomic mass is 9.95. The summed E-state index contributed by atoms with van der Waals surface area (Å²) in [4.78, 5) is 14.1. The quantitative estimate of drug-likeness (QED) is 0.910. The summed E-state index contributed by atoms with van der Waals surface area (Å²) in [6, 6.07) is 6.41. The lowest BCUT2D eigenvalue weighted by Gasteiger charge is -2.33. The van der Waals surface area contributed by atoms with Gasteiger partial charge in [0, 0.05) is 19.7 Å². The number of hydrogen-bond donors (Lipinski definition) is 1. The van der Waals surface area contributed by atoms with E-state index in [1.54, 1.807) is 30.0 Å². The number of rotatable bonds is 3. The van der Waals surface area contributed by atoms with Gasteiger partial charge in [-0.05, 0) is 37.3 Å². The molecule has 4 heteroatoms. The Hall–Kier alpha value is -1.42. The van der Waals surface area contributed by atoms with E-state index in [1.165, 1.54) is 6.07 Å². The van der Waals surface area contributed by atoms with Crippen LogP contribution in [0.15, 0.2) is 24.3 Å². The summed E-state index contributed by atoms with van der Waals surface area (Å²) in [5, 5.41) is 9.19. The van der Waals surface area contributed by atoms with Crippen molar-refractivity contribution < 1.29 is 14.3 Å². The van der Waals surface area contributed by atoms with E-state index in [-0.39, 0.29) is 24.2 Å². The molecule has 3 nitrogen and oxygen atoms in total. The Labute approximate surface area is 113 Å². The number of likely N-dealkylation sites (tertiary alicyclic amines) is 1. The van der Waals surface area contributed by atoms with Gasteiger partial charge in [0.15, 0.2) is 0 Å². The summed E-state index contributed by atoms with van der Waals surface area (Å²) in [6.45, 7) is 3.13. The zero-order chi connectivity index (χ0) is 13.8. The van der Waals surface area contributed by atoms with Gasteiger partial charge in [-0.3, -0.25) is 4.79 Å². The van der Waals surface area contributed by atoms with Gasteiger partial charge in [-0.1, -0.05) is 18.2 Å². The van der Waals surface area contributed by atoms with Crippen molar-refractivity contribution in [3.05, 3.63) is 35.6 Å². The molecular formula is C15H20FNO2. The van der Waals surface area contributed by atoms with Crippen LogP contribution in [-0.4, -0.2) is 35.6 Å². The van der Waals surface area contributed by atoms with Crippen LogP contribution in [0.4, 0.5) is 4.39 Å². The Morgan fingerprint density at radius 3 is 2.95 bits per heavy atom. The SMILES string of the molecule is CC(C(=O)N1CCCC(CO)C1)c1ccccc1F. The highest BCUT2D eigenvalue weighted by Crippen LogP contribution is 2.24. The number of piperidine rings is 1. The number of carbonyl (C=O) groups excluding carboxylic acids is 1. The average molecular weight is 265 g/mol. The van der Waals surface area contributed by atoms with Crippen LogP contribution < -0.4 is 0 Å². The smallest absolute Gasteiger partial charge is 0.229 e. The molecule has 0 bridgehead atoms. The van der Waals surface area contributed by atoms with Gasteiger partial charge in [-0.25, -0.2) is 4.39 Å². The molecule has 19 heavy (non-hydrogen) atoms. The minimum absolute atomic E-state index is 0.0525. The lowest BCUT2D eigenvalue weighted by molar-refractivity contribution is -0.134. The van der Waals surface area contributed by atoms with Crippen LogP contribution in [0.1, 0.15) is 31.2 Å². The molecule has 1 aliphatic heterocycles. The zero-order valence-electron chi connectivity index (χ0n) is 11.2. The first kappa shape index (κ1) is 14.0. The maximum Gasteiger partial charge on any atom is 0.229 e. The minimum atomic E-state index is -0.473. The van der Waals surface area contributed by atoms with Crippen molar-refractivity contribution in [1.82, 2.24) is 4.90 Å². The summed E-state index contributed by atoms with van der Waals surface area (Å²) >= 11 is 0. The highest BCUT2D eigenvalue weighted by molar-refractivity contribution is 5.83. The fourth-order valence-corrected chi connectivity index (χ4v) is 2.65. The fraction of sp³-hybridized carbons (Fsp3) is 0.533. The van der Waals surface area contributed by atoms with Crippen LogP contribution in [0, 0.1) is 11.7 Å². The maximum atomic E-state index is 13.7. The van der Waals surface area contributed by atoms with Gasteiger partial charge in [0.1, 0.15) is 5.82 Å². The van der Waals surface area contributed by atoms with Crippen molar-refractivity contribution in [2.75, 3.05) is 19.7 Å². The monoisotopic (exact) mass is 265 g/mol. The summed E-state index contributed by atoms with van der Waals surface area (Å²) in [6.07, 6.45) is 1.86. The first-order chi connectivity index (χ1) is 9.13. The number of aliphatic hydroxyl groups excluding tert-OH is 1. The zero-order valence-corrected chi connectivity index (χ0v) is 11.2. The van der Waals surface area contributed by atoms with Crippen LogP contribution in [0.5, 0.6) is 0 Å². The van der Waals surface area contributed by atoms with Crippen LogP contribution in [-0.2, 0) is 4.79 Å². The fourth-order valence-electron chi connectivity index (χ4n) is 2.65. The van der Waals surface area contributed by atoms with Crippen LogP contribution in [0.3, 0.4) is 0 Å². The number of hydrogen-bond acceptors (Lipinski definition) is 2. The number of halogens is 1. The molecule has 0 radical (unpaired) electrons. The second kappa shape index (κ2) is 6.15. The molecule has 2 rings (SSSR count). The van der Waals surface area contributed by atoms with E-state index < -0.39 is 5.92 Å². The molecular weight excluding hydrogens is 245 g/mol. The van der Waals surface area contributed by atoms with E-state index in [0.717, 1.165) is 12.8 Å². The van der Waals surface area contributed by atoms with E-state index >= 15 is 0 Å². The highest BCUT2D eigenvalue weighted by atomic mass is 19.1. The number of nitrogens with zero attached hydrogens (tertiary/aromatic N) is 1. The van der Waals surface area contributed by atoms with E-state index in [4.69, 9.17) is 0 Å². The number of carbonyl (C=O) groups is 1. The van der Waals surface area contributed by atoms with E-state index in [2.05, 4.69) is 0 Å². The van der Waals surface area contributed by atoms with Gasteiger partial charge in [0.05, 0.1) is 5.92 Å². The molecule has 1 fully saturated rings. The highest BCUT2D eigenvalue weighted by Gasteiger charge is 2.28. The van der Waals surface area contributed by atoms with E-state index in [1.807, 2.05) is 0 Å². The van der Waals surface area contributed by atoms with Gasteiger partial charge < -0.3 is 10.0 Å². The summed E-state index contributed by atoms with van der Waals surface area (Å²) in [7, 11) is 0. The van der Waals surface area contributed by atoms with Gasteiger partial charge in [0.25, 0.3) is 0 Å². The first-order valence-electron chi connectivity index (χ1n) is 6.77. The Bertz CT molecular complexity index is 450. The van der Waals surface area contributed by atoms with Crippen molar-refractivity contribution in [1.29, 1.82) is 0 Å². The van der Waals surface area contributed by atoms with Gasteiger partial charge in [-0.2, -0.15) is 0 Å². The molecule has 104 valence electrons. The first-order valence-corrected chi connectivity index (χ1v) is 6.77. The Kier molecular flexibility index (Phi) is 4.53. The second-order valence-corrected chi connectivity index (χ2v) is 5.22. The van der Waals surface area contributed by atoms with Crippen LogP contribution in [0.2, 0.25) is 0 Å². The number of benzene rings is 1. The maximum absolute atomic E-state index is 13.7. The molecule has 1 aromatic carbocycles. The summed E-state index contributed by atoms with van der Waals surface area (Å²) < 4.78 is 13.7.